The number of thiophene rings is 1. The molecule has 0 fully saturated rings. The van der Waals surface area contributed by atoms with Crippen molar-refractivity contribution in [2.24, 2.45) is 0 Å². The third-order valence-electron chi connectivity index (χ3n) is 2.80. The van der Waals surface area contributed by atoms with E-state index >= 15 is 0 Å². The maximum absolute atomic E-state index is 11.9. The lowest BCUT2D eigenvalue weighted by Gasteiger charge is -2.01. The van der Waals surface area contributed by atoms with Gasteiger partial charge in [0.2, 0.25) is 5.91 Å². The van der Waals surface area contributed by atoms with Crippen LogP contribution in [0.15, 0.2) is 51.8 Å². The first-order valence-electron chi connectivity index (χ1n) is 6.77. The van der Waals surface area contributed by atoms with E-state index in [0.29, 0.717) is 22.4 Å². The van der Waals surface area contributed by atoms with E-state index in [4.69, 9.17) is 16.0 Å². The predicted octanol–water partition coefficient (Wildman–Crippen LogP) is 4.57. The summed E-state index contributed by atoms with van der Waals surface area (Å²) >= 11 is 8.83. The van der Waals surface area contributed by atoms with Crippen LogP contribution in [-0.4, -0.2) is 21.9 Å². The Morgan fingerprint density at radius 3 is 2.78 bits per heavy atom. The molecule has 2 aromatic heterocycles. The molecule has 118 valence electrons. The fraction of sp³-hybridized carbons (Fsp3) is 0.133. The first-order valence-corrected chi connectivity index (χ1v) is 8.95. The highest BCUT2D eigenvalue weighted by atomic mass is 35.5. The van der Waals surface area contributed by atoms with Crippen molar-refractivity contribution in [3.8, 4) is 10.8 Å². The zero-order valence-electron chi connectivity index (χ0n) is 11.9. The molecule has 8 heteroatoms. The molecule has 5 nitrogen and oxygen atoms in total. The summed E-state index contributed by atoms with van der Waals surface area (Å²) in [6.45, 7) is 0. The molecular formula is C15H12ClN3O2S2. The highest BCUT2D eigenvalue weighted by Gasteiger charge is 2.12. The second-order valence-corrected chi connectivity index (χ2v) is 7.36. The summed E-state index contributed by atoms with van der Waals surface area (Å²) in [5.74, 6) is 0.862. The van der Waals surface area contributed by atoms with Gasteiger partial charge in [0.15, 0.2) is 0 Å². The van der Waals surface area contributed by atoms with Crippen molar-refractivity contribution in [3.63, 3.8) is 0 Å². The van der Waals surface area contributed by atoms with Crippen LogP contribution in [0.4, 0.5) is 6.01 Å². The average Bonchev–Trinajstić information content (AvgIpc) is 3.17. The van der Waals surface area contributed by atoms with E-state index in [1.54, 1.807) is 23.9 Å². The molecule has 0 atom stereocenters. The van der Waals surface area contributed by atoms with Crippen LogP contribution in [0.1, 0.15) is 6.42 Å². The van der Waals surface area contributed by atoms with Gasteiger partial charge in [-0.05, 0) is 24.3 Å². The number of nitrogens with zero attached hydrogens (tertiary/aromatic N) is 2. The lowest BCUT2D eigenvalue weighted by molar-refractivity contribution is -0.115. The fourth-order valence-corrected chi connectivity index (χ4v) is 3.60. The quantitative estimate of drug-likeness (QED) is 0.648. The molecule has 0 unspecified atom stereocenters. The van der Waals surface area contributed by atoms with Crippen molar-refractivity contribution in [1.82, 2.24) is 10.2 Å². The number of aromatic nitrogens is 2. The van der Waals surface area contributed by atoms with Crippen LogP contribution in [0, 0.1) is 0 Å². The van der Waals surface area contributed by atoms with E-state index in [0.717, 1.165) is 9.77 Å². The highest BCUT2D eigenvalue weighted by Crippen LogP contribution is 2.30. The summed E-state index contributed by atoms with van der Waals surface area (Å²) in [5.41, 5.74) is 0. The smallest absolute Gasteiger partial charge is 0.322 e. The Hall–Kier alpha value is -1.83. The molecule has 1 amide bonds. The van der Waals surface area contributed by atoms with Gasteiger partial charge in [-0.15, -0.1) is 28.2 Å². The van der Waals surface area contributed by atoms with Gasteiger partial charge in [-0.2, -0.15) is 0 Å². The first-order chi connectivity index (χ1) is 11.2. The average molecular weight is 366 g/mol. The molecule has 0 spiro atoms. The van der Waals surface area contributed by atoms with Crippen molar-refractivity contribution in [1.29, 1.82) is 0 Å². The Morgan fingerprint density at radius 2 is 2.04 bits per heavy atom. The Morgan fingerprint density at radius 1 is 1.22 bits per heavy atom. The third-order valence-corrected chi connectivity index (χ3v) is 5.03. The van der Waals surface area contributed by atoms with Gasteiger partial charge in [0, 0.05) is 17.1 Å². The Labute approximate surface area is 146 Å². The topological polar surface area (TPSA) is 68.0 Å². The van der Waals surface area contributed by atoms with E-state index in [1.807, 2.05) is 30.3 Å². The molecule has 1 N–H and O–H groups in total. The molecular weight excluding hydrogens is 354 g/mol. The van der Waals surface area contributed by atoms with Gasteiger partial charge in [-0.1, -0.05) is 34.9 Å². The predicted molar refractivity (Wildman–Crippen MR) is 93.0 cm³/mol. The summed E-state index contributed by atoms with van der Waals surface area (Å²) in [7, 11) is 0. The lowest BCUT2D eigenvalue weighted by atomic mass is 10.4. The molecule has 3 aromatic rings. The number of thioether (sulfide) groups is 1. The van der Waals surface area contributed by atoms with Gasteiger partial charge in [-0.25, -0.2) is 0 Å². The second-order valence-electron chi connectivity index (χ2n) is 4.48. The third kappa shape index (κ3) is 4.57. The van der Waals surface area contributed by atoms with Crippen LogP contribution in [0.2, 0.25) is 4.34 Å². The number of halogens is 1. The van der Waals surface area contributed by atoms with Gasteiger partial charge in [0.25, 0.3) is 5.89 Å². The number of carbonyl (C=O) groups is 1. The zero-order valence-corrected chi connectivity index (χ0v) is 14.2. The fourth-order valence-electron chi connectivity index (χ4n) is 1.76. The second kappa shape index (κ2) is 7.63. The van der Waals surface area contributed by atoms with Crippen LogP contribution in [-0.2, 0) is 4.79 Å². The number of benzene rings is 1. The van der Waals surface area contributed by atoms with Crippen LogP contribution >= 0.6 is 34.7 Å². The normalized spacial score (nSPS) is 10.7. The van der Waals surface area contributed by atoms with E-state index in [9.17, 15) is 4.79 Å². The molecule has 0 saturated heterocycles. The van der Waals surface area contributed by atoms with Crippen LogP contribution in [0.25, 0.3) is 10.8 Å². The van der Waals surface area contributed by atoms with Gasteiger partial charge < -0.3 is 4.42 Å². The molecule has 2 heterocycles. The van der Waals surface area contributed by atoms with E-state index < -0.39 is 0 Å². The number of rotatable bonds is 6. The number of carbonyl (C=O) groups excluding carboxylic acids is 1. The van der Waals surface area contributed by atoms with Crippen molar-refractivity contribution in [2.45, 2.75) is 11.3 Å². The Kier molecular flexibility index (Phi) is 5.32. The van der Waals surface area contributed by atoms with Crippen LogP contribution in [0.3, 0.4) is 0 Å². The maximum Gasteiger partial charge on any atom is 0.322 e. The monoisotopic (exact) mass is 365 g/mol. The number of amides is 1. The van der Waals surface area contributed by atoms with Crippen molar-refractivity contribution in [2.75, 3.05) is 11.1 Å². The summed E-state index contributed by atoms with van der Waals surface area (Å²) in [5, 5.41) is 10.3. The van der Waals surface area contributed by atoms with Gasteiger partial charge in [-0.3, -0.25) is 10.1 Å². The molecule has 0 aliphatic rings. The number of hydrogen-bond donors (Lipinski definition) is 1. The van der Waals surface area contributed by atoms with Crippen LogP contribution < -0.4 is 5.32 Å². The SMILES string of the molecule is O=C(CCSc1ccccc1)Nc1nnc(-c2ccc(Cl)s2)o1. The molecule has 0 aliphatic carbocycles. The maximum atomic E-state index is 11.9. The summed E-state index contributed by atoms with van der Waals surface area (Å²) in [4.78, 5) is 13.8. The largest absolute Gasteiger partial charge is 0.402 e. The zero-order chi connectivity index (χ0) is 16.1. The Balaban J connectivity index is 1.49. The van der Waals surface area contributed by atoms with Gasteiger partial charge in [0.05, 0.1) is 9.21 Å². The molecule has 0 bridgehead atoms. The molecule has 23 heavy (non-hydrogen) atoms. The van der Waals surface area contributed by atoms with Gasteiger partial charge in [0.1, 0.15) is 0 Å². The molecule has 0 radical (unpaired) electrons. The minimum Gasteiger partial charge on any atom is -0.402 e. The number of hydrogen-bond acceptors (Lipinski definition) is 6. The minimum absolute atomic E-state index is 0.0965. The van der Waals surface area contributed by atoms with Crippen molar-refractivity contribution in [3.05, 3.63) is 46.8 Å². The van der Waals surface area contributed by atoms with Gasteiger partial charge >= 0.3 is 6.01 Å². The van der Waals surface area contributed by atoms with E-state index in [-0.39, 0.29) is 11.9 Å². The summed E-state index contributed by atoms with van der Waals surface area (Å²) in [6, 6.07) is 13.6. The standard InChI is InChI=1S/C15H12ClN3O2S2/c16-12-7-6-11(23-12)14-18-19-15(21-14)17-13(20)8-9-22-10-4-2-1-3-5-10/h1-7H,8-9H2,(H,17,19,20). The lowest BCUT2D eigenvalue weighted by Crippen LogP contribution is -2.12. The molecule has 0 saturated carbocycles. The molecule has 0 aliphatic heterocycles. The van der Waals surface area contributed by atoms with Crippen molar-refractivity contribution >= 4 is 46.6 Å². The molecule has 3 rings (SSSR count). The highest BCUT2D eigenvalue weighted by molar-refractivity contribution is 7.99. The summed E-state index contributed by atoms with van der Waals surface area (Å²) < 4.78 is 6.05. The Bertz CT molecular complexity index is 789. The number of nitrogens with one attached hydrogen (secondary N) is 1. The van der Waals surface area contributed by atoms with Crippen LogP contribution in [0.5, 0.6) is 0 Å². The van der Waals surface area contributed by atoms with E-state index in [2.05, 4.69) is 15.5 Å². The number of anilines is 1. The van der Waals surface area contributed by atoms with Crippen molar-refractivity contribution < 1.29 is 9.21 Å². The molecule has 1 aromatic carbocycles. The minimum atomic E-state index is -0.159. The summed E-state index contributed by atoms with van der Waals surface area (Å²) in [6.07, 6.45) is 0.363. The first kappa shape index (κ1) is 16.0. The van der Waals surface area contributed by atoms with E-state index in [1.165, 1.54) is 11.3 Å².